The molecule has 2 aromatic rings. The topological polar surface area (TPSA) is 94.0 Å². The Labute approximate surface area is 115 Å². The smallest absolute Gasteiger partial charge is 0.267 e. The summed E-state index contributed by atoms with van der Waals surface area (Å²) in [6.07, 6.45) is 0. The molecule has 6 heteroatoms. The number of nitrogen functional groups attached to an aromatic ring is 1. The molecule has 0 unspecified atom stereocenters. The van der Waals surface area contributed by atoms with E-state index in [9.17, 15) is 4.79 Å². The van der Waals surface area contributed by atoms with E-state index in [2.05, 4.69) is 10.3 Å². The number of hydrogen-bond acceptors (Lipinski definition) is 4. The van der Waals surface area contributed by atoms with Crippen LogP contribution in [0, 0.1) is 6.92 Å². The molecule has 19 heavy (non-hydrogen) atoms. The number of amides is 1. The van der Waals surface area contributed by atoms with Gasteiger partial charge in [-0.05, 0) is 36.8 Å². The van der Waals surface area contributed by atoms with Crippen LogP contribution in [0.2, 0.25) is 5.02 Å². The Morgan fingerprint density at radius 1 is 1.32 bits per heavy atom. The van der Waals surface area contributed by atoms with Gasteiger partial charge in [0.15, 0.2) is 5.82 Å². The summed E-state index contributed by atoms with van der Waals surface area (Å²) in [7, 11) is 0. The number of halogens is 1. The lowest BCUT2D eigenvalue weighted by Gasteiger charge is -2.10. The van der Waals surface area contributed by atoms with Gasteiger partial charge in [0.25, 0.3) is 5.91 Å². The van der Waals surface area contributed by atoms with Crippen LogP contribution in [0.5, 0.6) is 0 Å². The Bertz CT molecular complexity index is 643. The molecule has 0 saturated heterocycles. The number of nitrogens with zero attached hydrogens (tertiary/aromatic N) is 1. The van der Waals surface area contributed by atoms with E-state index in [0.717, 1.165) is 11.3 Å². The van der Waals surface area contributed by atoms with E-state index in [-0.39, 0.29) is 5.69 Å². The SMILES string of the molecule is Cc1ccc(Nc2nc(C(N)=O)ccc2N)cc1Cl. The highest BCUT2D eigenvalue weighted by molar-refractivity contribution is 6.31. The van der Waals surface area contributed by atoms with Crippen LogP contribution in [-0.4, -0.2) is 10.9 Å². The predicted octanol–water partition coefficient (Wildman–Crippen LogP) is 2.47. The van der Waals surface area contributed by atoms with Crippen molar-refractivity contribution in [3.05, 3.63) is 46.6 Å². The molecule has 98 valence electrons. The van der Waals surface area contributed by atoms with Crippen molar-refractivity contribution in [1.82, 2.24) is 4.98 Å². The third-order valence-electron chi connectivity index (χ3n) is 2.61. The molecule has 0 radical (unpaired) electrons. The lowest BCUT2D eigenvalue weighted by atomic mass is 10.2. The summed E-state index contributed by atoms with van der Waals surface area (Å²) in [5, 5.41) is 3.64. The van der Waals surface area contributed by atoms with Gasteiger partial charge in [-0.3, -0.25) is 4.79 Å². The fourth-order valence-corrected chi connectivity index (χ4v) is 1.70. The number of carbonyl (C=O) groups is 1. The third-order valence-corrected chi connectivity index (χ3v) is 3.02. The number of benzene rings is 1. The van der Waals surface area contributed by atoms with Crippen molar-refractivity contribution in [2.45, 2.75) is 6.92 Å². The molecule has 0 atom stereocenters. The van der Waals surface area contributed by atoms with Gasteiger partial charge in [0.2, 0.25) is 0 Å². The Morgan fingerprint density at radius 3 is 2.68 bits per heavy atom. The number of nitrogens with two attached hydrogens (primary N) is 2. The largest absolute Gasteiger partial charge is 0.396 e. The van der Waals surface area contributed by atoms with Gasteiger partial charge in [0.1, 0.15) is 5.69 Å². The first-order valence-corrected chi connectivity index (χ1v) is 5.94. The predicted molar refractivity (Wildman–Crippen MR) is 76.6 cm³/mol. The molecule has 0 fully saturated rings. The summed E-state index contributed by atoms with van der Waals surface area (Å²) in [6.45, 7) is 1.91. The number of rotatable bonds is 3. The molecule has 0 bridgehead atoms. The third kappa shape index (κ3) is 2.95. The number of pyridine rings is 1. The number of aryl methyl sites for hydroxylation is 1. The number of carbonyl (C=O) groups excluding carboxylic acids is 1. The molecule has 5 N–H and O–H groups in total. The number of hydrogen-bond donors (Lipinski definition) is 3. The second kappa shape index (κ2) is 5.16. The Hall–Kier alpha value is -2.27. The van der Waals surface area contributed by atoms with Crippen molar-refractivity contribution < 1.29 is 4.79 Å². The van der Waals surface area contributed by atoms with Crippen LogP contribution in [0.3, 0.4) is 0 Å². The van der Waals surface area contributed by atoms with Gasteiger partial charge in [-0.15, -0.1) is 0 Å². The van der Waals surface area contributed by atoms with E-state index in [0.29, 0.717) is 16.5 Å². The van der Waals surface area contributed by atoms with Crippen molar-refractivity contribution in [2.24, 2.45) is 5.73 Å². The molecule has 0 aliphatic rings. The first-order valence-electron chi connectivity index (χ1n) is 5.57. The van der Waals surface area contributed by atoms with Crippen molar-refractivity contribution in [2.75, 3.05) is 11.1 Å². The van der Waals surface area contributed by atoms with Crippen LogP contribution in [0.1, 0.15) is 16.1 Å². The zero-order valence-corrected chi connectivity index (χ0v) is 11.0. The summed E-state index contributed by atoms with van der Waals surface area (Å²) >= 11 is 6.04. The van der Waals surface area contributed by atoms with Gasteiger partial charge >= 0.3 is 0 Å². The van der Waals surface area contributed by atoms with Crippen molar-refractivity contribution >= 4 is 34.7 Å². The van der Waals surface area contributed by atoms with Crippen molar-refractivity contribution in [1.29, 1.82) is 0 Å². The summed E-state index contributed by atoms with van der Waals surface area (Å²) in [4.78, 5) is 15.2. The molecular formula is C13H13ClN4O. The van der Waals surface area contributed by atoms with Crippen LogP contribution in [0.15, 0.2) is 30.3 Å². The standard InChI is InChI=1S/C13H13ClN4O/c1-7-2-3-8(6-9(7)14)17-13-10(15)4-5-11(18-13)12(16)19/h2-6H,15H2,1H3,(H2,16,19)(H,17,18). The van der Waals surface area contributed by atoms with E-state index >= 15 is 0 Å². The molecule has 0 aliphatic heterocycles. The summed E-state index contributed by atoms with van der Waals surface area (Å²) in [5.74, 6) is -0.235. The normalized spacial score (nSPS) is 10.2. The minimum Gasteiger partial charge on any atom is -0.396 e. The second-order valence-electron chi connectivity index (χ2n) is 4.09. The minimum absolute atomic E-state index is 0.148. The second-order valence-corrected chi connectivity index (χ2v) is 4.49. The van der Waals surface area contributed by atoms with Gasteiger partial charge in [0.05, 0.1) is 5.69 Å². The number of primary amides is 1. The van der Waals surface area contributed by atoms with Crippen LogP contribution >= 0.6 is 11.6 Å². The Morgan fingerprint density at radius 2 is 2.05 bits per heavy atom. The van der Waals surface area contributed by atoms with Gasteiger partial charge < -0.3 is 16.8 Å². The average molecular weight is 277 g/mol. The number of nitrogens with one attached hydrogen (secondary N) is 1. The zero-order chi connectivity index (χ0) is 14.0. The highest BCUT2D eigenvalue weighted by Crippen LogP contribution is 2.25. The highest BCUT2D eigenvalue weighted by Gasteiger charge is 2.08. The van der Waals surface area contributed by atoms with E-state index in [1.807, 2.05) is 19.1 Å². The molecule has 2 rings (SSSR count). The molecule has 1 aromatic carbocycles. The summed E-state index contributed by atoms with van der Waals surface area (Å²) < 4.78 is 0. The van der Waals surface area contributed by atoms with Gasteiger partial charge in [-0.25, -0.2) is 4.98 Å². The fourth-order valence-electron chi connectivity index (χ4n) is 1.51. The molecular weight excluding hydrogens is 264 g/mol. The molecule has 5 nitrogen and oxygen atoms in total. The van der Waals surface area contributed by atoms with E-state index in [1.165, 1.54) is 6.07 Å². The lowest BCUT2D eigenvalue weighted by molar-refractivity contribution is 0.0996. The molecule has 0 aliphatic carbocycles. The van der Waals surface area contributed by atoms with Gasteiger partial charge in [-0.1, -0.05) is 17.7 Å². The molecule has 1 heterocycles. The van der Waals surface area contributed by atoms with E-state index in [4.69, 9.17) is 23.1 Å². The fraction of sp³-hybridized carbons (Fsp3) is 0.0769. The van der Waals surface area contributed by atoms with E-state index < -0.39 is 5.91 Å². The lowest BCUT2D eigenvalue weighted by Crippen LogP contribution is -2.14. The van der Waals surface area contributed by atoms with Crippen LogP contribution in [0.25, 0.3) is 0 Å². The zero-order valence-electron chi connectivity index (χ0n) is 10.3. The molecule has 0 spiro atoms. The highest BCUT2D eigenvalue weighted by atomic mass is 35.5. The maximum absolute atomic E-state index is 11.1. The van der Waals surface area contributed by atoms with Gasteiger partial charge in [0, 0.05) is 10.7 Å². The maximum atomic E-state index is 11.1. The first kappa shape index (κ1) is 13.2. The van der Waals surface area contributed by atoms with Crippen LogP contribution in [0.4, 0.5) is 17.2 Å². The van der Waals surface area contributed by atoms with Crippen molar-refractivity contribution in [3.8, 4) is 0 Å². The molecule has 1 aromatic heterocycles. The Kier molecular flexibility index (Phi) is 3.57. The minimum atomic E-state index is -0.606. The maximum Gasteiger partial charge on any atom is 0.267 e. The number of anilines is 3. The molecule has 0 saturated carbocycles. The van der Waals surface area contributed by atoms with Crippen LogP contribution < -0.4 is 16.8 Å². The van der Waals surface area contributed by atoms with Gasteiger partial charge in [-0.2, -0.15) is 0 Å². The van der Waals surface area contributed by atoms with E-state index in [1.54, 1.807) is 12.1 Å². The molecule has 1 amide bonds. The monoisotopic (exact) mass is 276 g/mol. The number of aromatic nitrogens is 1. The quantitative estimate of drug-likeness (QED) is 0.803. The first-order chi connectivity index (χ1) is 8.97. The summed E-state index contributed by atoms with van der Waals surface area (Å²) in [6, 6.07) is 8.53. The summed E-state index contributed by atoms with van der Waals surface area (Å²) in [5.41, 5.74) is 13.2. The Balaban J connectivity index is 2.34. The van der Waals surface area contributed by atoms with Crippen LogP contribution in [-0.2, 0) is 0 Å². The average Bonchev–Trinajstić information content (AvgIpc) is 2.36. The van der Waals surface area contributed by atoms with Crippen molar-refractivity contribution in [3.63, 3.8) is 0 Å².